The highest BCUT2D eigenvalue weighted by Gasteiger charge is 2.25. The van der Waals surface area contributed by atoms with Crippen molar-refractivity contribution >= 4 is 23.3 Å². The van der Waals surface area contributed by atoms with Crippen molar-refractivity contribution in [2.75, 3.05) is 0 Å². The highest BCUT2D eigenvalue weighted by molar-refractivity contribution is 5.85. The summed E-state index contributed by atoms with van der Waals surface area (Å²) in [5.74, 6) is 0.863. The van der Waals surface area contributed by atoms with E-state index in [1.807, 2.05) is 18.3 Å². The number of halogens is 1. The van der Waals surface area contributed by atoms with Gasteiger partial charge in [0.2, 0.25) is 0 Å². The van der Waals surface area contributed by atoms with E-state index in [9.17, 15) is 0 Å². The Morgan fingerprint density at radius 2 is 2.00 bits per heavy atom. The average molecular weight is 249 g/mol. The summed E-state index contributed by atoms with van der Waals surface area (Å²) in [6, 6.07) is 10.5. The van der Waals surface area contributed by atoms with Crippen LogP contribution in [0.15, 0.2) is 36.5 Å². The highest BCUT2D eigenvalue weighted by Crippen LogP contribution is 2.37. The van der Waals surface area contributed by atoms with Crippen molar-refractivity contribution in [2.24, 2.45) is 11.7 Å². The van der Waals surface area contributed by atoms with Crippen molar-refractivity contribution in [3.05, 3.63) is 42.1 Å². The zero-order valence-corrected chi connectivity index (χ0v) is 10.5. The van der Waals surface area contributed by atoms with Crippen molar-refractivity contribution in [3.8, 4) is 0 Å². The molecule has 3 heteroatoms. The molecule has 1 saturated carbocycles. The van der Waals surface area contributed by atoms with Gasteiger partial charge >= 0.3 is 0 Å². The van der Waals surface area contributed by atoms with Crippen LogP contribution >= 0.6 is 12.4 Å². The molecule has 0 bridgehead atoms. The molecule has 90 valence electrons. The molecule has 3 rings (SSSR count). The van der Waals surface area contributed by atoms with Crippen molar-refractivity contribution in [1.82, 2.24) is 4.98 Å². The number of benzene rings is 1. The second kappa shape index (κ2) is 5.03. The van der Waals surface area contributed by atoms with Crippen LogP contribution in [-0.4, -0.2) is 4.98 Å². The lowest BCUT2D eigenvalue weighted by Gasteiger charge is -2.13. The van der Waals surface area contributed by atoms with Crippen LogP contribution in [0.25, 0.3) is 10.9 Å². The molecule has 2 aromatic rings. The first kappa shape index (κ1) is 12.3. The summed E-state index contributed by atoms with van der Waals surface area (Å²) in [7, 11) is 0. The second-order valence-electron chi connectivity index (χ2n) is 4.70. The first-order valence-corrected chi connectivity index (χ1v) is 5.94. The molecule has 2 N–H and O–H groups in total. The number of hydrogen-bond acceptors (Lipinski definition) is 2. The van der Waals surface area contributed by atoms with E-state index in [0.717, 1.165) is 17.9 Å². The molecular formula is C14H17ClN2. The minimum absolute atomic E-state index is 0. The van der Waals surface area contributed by atoms with Crippen LogP contribution in [0, 0.1) is 5.92 Å². The minimum atomic E-state index is 0. The summed E-state index contributed by atoms with van der Waals surface area (Å²) >= 11 is 0. The van der Waals surface area contributed by atoms with Gasteiger partial charge < -0.3 is 5.73 Å². The van der Waals surface area contributed by atoms with Gasteiger partial charge in [-0.2, -0.15) is 0 Å². The molecule has 1 aliphatic carbocycles. The van der Waals surface area contributed by atoms with Crippen LogP contribution in [0.5, 0.6) is 0 Å². The maximum Gasteiger partial charge on any atom is 0.0705 e. The topological polar surface area (TPSA) is 38.9 Å². The van der Waals surface area contributed by atoms with Crippen molar-refractivity contribution in [3.63, 3.8) is 0 Å². The van der Waals surface area contributed by atoms with Crippen molar-refractivity contribution < 1.29 is 0 Å². The standard InChI is InChI=1S/C14H16N2.ClH/c15-13(9-10-5-6-10)11-7-8-16-14-4-2-1-3-12(11)14;/h1-4,7-8,10,13H,5-6,9,15H2;1H/t13-;/m0./s1. The highest BCUT2D eigenvalue weighted by atomic mass is 35.5. The smallest absolute Gasteiger partial charge is 0.0705 e. The monoisotopic (exact) mass is 248 g/mol. The number of aromatic nitrogens is 1. The lowest BCUT2D eigenvalue weighted by atomic mass is 9.98. The minimum Gasteiger partial charge on any atom is -0.324 e. The molecule has 0 spiro atoms. The molecule has 0 aliphatic heterocycles. The molecule has 0 saturated heterocycles. The van der Waals surface area contributed by atoms with Gasteiger partial charge in [0.1, 0.15) is 0 Å². The van der Waals surface area contributed by atoms with E-state index in [4.69, 9.17) is 5.73 Å². The summed E-state index contributed by atoms with van der Waals surface area (Å²) in [5, 5.41) is 1.21. The third kappa shape index (κ3) is 2.59. The van der Waals surface area contributed by atoms with Gasteiger partial charge in [-0.05, 0) is 30.0 Å². The van der Waals surface area contributed by atoms with E-state index in [1.165, 1.54) is 23.8 Å². The molecule has 0 amide bonds. The Balaban J connectivity index is 0.00000108. The zero-order valence-electron chi connectivity index (χ0n) is 9.67. The molecule has 1 aliphatic rings. The number of nitrogens with zero attached hydrogens (tertiary/aromatic N) is 1. The molecular weight excluding hydrogens is 232 g/mol. The third-order valence-electron chi connectivity index (χ3n) is 3.37. The maximum absolute atomic E-state index is 6.27. The molecule has 17 heavy (non-hydrogen) atoms. The number of nitrogens with two attached hydrogens (primary N) is 1. The van der Waals surface area contributed by atoms with Gasteiger partial charge in [0.25, 0.3) is 0 Å². The van der Waals surface area contributed by atoms with Gasteiger partial charge in [-0.1, -0.05) is 31.0 Å². The Morgan fingerprint density at radius 1 is 1.24 bits per heavy atom. The summed E-state index contributed by atoms with van der Waals surface area (Å²) in [6.45, 7) is 0. The Bertz CT molecular complexity index is 503. The maximum atomic E-state index is 6.27. The Morgan fingerprint density at radius 3 is 2.76 bits per heavy atom. The molecule has 1 aromatic carbocycles. The van der Waals surface area contributed by atoms with E-state index in [-0.39, 0.29) is 18.4 Å². The molecule has 0 radical (unpaired) electrons. The molecule has 2 nitrogen and oxygen atoms in total. The first-order chi connectivity index (χ1) is 7.84. The van der Waals surface area contributed by atoms with Gasteiger partial charge in [-0.15, -0.1) is 12.4 Å². The summed E-state index contributed by atoms with van der Waals surface area (Å²) in [4.78, 5) is 4.36. The number of pyridine rings is 1. The largest absolute Gasteiger partial charge is 0.324 e. The number of rotatable bonds is 3. The predicted octanol–water partition coefficient (Wildman–Crippen LogP) is 3.46. The average Bonchev–Trinajstić information content (AvgIpc) is 3.12. The van der Waals surface area contributed by atoms with E-state index < -0.39 is 0 Å². The zero-order chi connectivity index (χ0) is 11.0. The summed E-state index contributed by atoms with van der Waals surface area (Å²) < 4.78 is 0. The van der Waals surface area contributed by atoms with Crippen LogP contribution in [0.3, 0.4) is 0 Å². The van der Waals surface area contributed by atoms with Crippen LogP contribution in [0.4, 0.5) is 0 Å². The Kier molecular flexibility index (Phi) is 3.65. The van der Waals surface area contributed by atoms with Gasteiger partial charge in [0, 0.05) is 17.6 Å². The Hall–Kier alpha value is -1.12. The molecule has 1 aromatic heterocycles. The number of hydrogen-bond donors (Lipinski definition) is 1. The lowest BCUT2D eigenvalue weighted by molar-refractivity contribution is 0.600. The van der Waals surface area contributed by atoms with Crippen LogP contribution in [0.1, 0.15) is 30.9 Å². The molecule has 1 fully saturated rings. The van der Waals surface area contributed by atoms with Crippen LogP contribution < -0.4 is 5.73 Å². The van der Waals surface area contributed by atoms with Gasteiger partial charge in [0.15, 0.2) is 0 Å². The lowest BCUT2D eigenvalue weighted by Crippen LogP contribution is -2.11. The van der Waals surface area contributed by atoms with Crippen LogP contribution in [0.2, 0.25) is 0 Å². The van der Waals surface area contributed by atoms with Crippen LogP contribution in [-0.2, 0) is 0 Å². The number of fused-ring (bicyclic) bond motifs is 1. The molecule has 1 atom stereocenters. The fraction of sp³-hybridized carbons (Fsp3) is 0.357. The van der Waals surface area contributed by atoms with Crippen molar-refractivity contribution in [2.45, 2.75) is 25.3 Å². The van der Waals surface area contributed by atoms with Gasteiger partial charge in [0.05, 0.1) is 5.52 Å². The number of para-hydroxylation sites is 1. The fourth-order valence-corrected chi connectivity index (χ4v) is 2.28. The van der Waals surface area contributed by atoms with E-state index in [1.54, 1.807) is 0 Å². The SMILES string of the molecule is Cl.N[C@@H](CC1CC1)c1ccnc2ccccc12. The third-order valence-corrected chi connectivity index (χ3v) is 3.37. The van der Waals surface area contributed by atoms with Gasteiger partial charge in [-0.3, -0.25) is 4.98 Å². The van der Waals surface area contributed by atoms with E-state index in [0.29, 0.717) is 0 Å². The first-order valence-electron chi connectivity index (χ1n) is 5.94. The van der Waals surface area contributed by atoms with Crippen molar-refractivity contribution in [1.29, 1.82) is 0 Å². The molecule has 0 unspecified atom stereocenters. The molecule has 1 heterocycles. The summed E-state index contributed by atoms with van der Waals surface area (Å²) in [6.07, 6.45) is 5.70. The van der Waals surface area contributed by atoms with Gasteiger partial charge in [-0.25, -0.2) is 0 Å². The fourth-order valence-electron chi connectivity index (χ4n) is 2.28. The Labute approximate surface area is 108 Å². The van der Waals surface area contributed by atoms with E-state index >= 15 is 0 Å². The predicted molar refractivity (Wildman–Crippen MR) is 73.3 cm³/mol. The van der Waals surface area contributed by atoms with E-state index in [2.05, 4.69) is 23.2 Å². The summed E-state index contributed by atoms with van der Waals surface area (Å²) in [5.41, 5.74) is 8.57. The second-order valence-corrected chi connectivity index (χ2v) is 4.70. The quantitative estimate of drug-likeness (QED) is 0.904. The normalized spacial score (nSPS) is 16.5.